The summed E-state index contributed by atoms with van der Waals surface area (Å²) >= 11 is 8.87. The summed E-state index contributed by atoms with van der Waals surface area (Å²) in [7, 11) is 0. The van der Waals surface area contributed by atoms with E-state index in [1.165, 1.54) is 29.3 Å². The number of thiophene rings is 1. The van der Waals surface area contributed by atoms with Crippen LogP contribution in [0.2, 0.25) is 5.02 Å². The summed E-state index contributed by atoms with van der Waals surface area (Å²) in [5.74, 6) is -0.0980. The average molecular weight is 414 g/mol. The molecule has 0 unspecified atom stereocenters. The molecule has 0 aliphatic rings. The van der Waals surface area contributed by atoms with Crippen molar-refractivity contribution in [2.24, 2.45) is 0 Å². The van der Waals surface area contributed by atoms with E-state index in [1.807, 2.05) is 13.8 Å². The van der Waals surface area contributed by atoms with Gasteiger partial charge in [-0.05, 0) is 32.8 Å². The molecular formula is C17H20ClN3O3S2. The number of esters is 1. The number of nitrogens with zero attached hydrogens (tertiary/aromatic N) is 2. The maximum Gasteiger partial charge on any atom is 0.341 e. The molecule has 9 heteroatoms. The molecule has 0 fully saturated rings. The largest absolute Gasteiger partial charge is 0.462 e. The first-order valence-electron chi connectivity index (χ1n) is 8.12. The summed E-state index contributed by atoms with van der Waals surface area (Å²) in [6, 6.07) is 0. The Morgan fingerprint density at radius 1 is 1.35 bits per heavy atom. The molecule has 0 atom stereocenters. The summed E-state index contributed by atoms with van der Waals surface area (Å²) in [5.41, 5.74) is 1.24. The van der Waals surface area contributed by atoms with Gasteiger partial charge in [-0.2, -0.15) is 0 Å². The highest BCUT2D eigenvalue weighted by atomic mass is 35.5. The number of anilines is 1. The Morgan fingerprint density at radius 3 is 2.73 bits per heavy atom. The summed E-state index contributed by atoms with van der Waals surface area (Å²) in [4.78, 5) is 34.2. The lowest BCUT2D eigenvalue weighted by atomic mass is 10.1. The highest BCUT2D eigenvalue weighted by Crippen LogP contribution is 2.33. The van der Waals surface area contributed by atoms with Crippen LogP contribution in [-0.2, 0) is 4.74 Å². The molecule has 1 amide bonds. The van der Waals surface area contributed by atoms with Gasteiger partial charge < -0.3 is 10.1 Å². The van der Waals surface area contributed by atoms with Crippen LogP contribution in [-0.4, -0.2) is 34.2 Å². The van der Waals surface area contributed by atoms with Crippen LogP contribution in [0, 0.1) is 13.8 Å². The Kier molecular flexibility index (Phi) is 7.43. The molecule has 0 saturated carbocycles. The Bertz CT molecular complexity index is 824. The van der Waals surface area contributed by atoms with Crippen molar-refractivity contribution in [1.82, 2.24) is 9.97 Å². The molecule has 0 aliphatic carbocycles. The number of ether oxygens (including phenoxy) is 1. The van der Waals surface area contributed by atoms with Crippen LogP contribution in [0.25, 0.3) is 0 Å². The van der Waals surface area contributed by atoms with E-state index in [9.17, 15) is 9.59 Å². The van der Waals surface area contributed by atoms with Crippen molar-refractivity contribution in [2.75, 3.05) is 17.7 Å². The zero-order chi connectivity index (χ0) is 19.3. The van der Waals surface area contributed by atoms with E-state index in [-0.39, 0.29) is 17.3 Å². The Morgan fingerprint density at radius 2 is 2.08 bits per heavy atom. The number of halogens is 1. The predicted octanol–water partition coefficient (Wildman–Crippen LogP) is 4.74. The predicted molar refractivity (Wildman–Crippen MR) is 106 cm³/mol. The van der Waals surface area contributed by atoms with E-state index in [0.717, 1.165) is 22.6 Å². The second-order valence-electron chi connectivity index (χ2n) is 5.36. The van der Waals surface area contributed by atoms with Gasteiger partial charge in [-0.3, -0.25) is 4.79 Å². The number of aromatic nitrogens is 2. The summed E-state index contributed by atoms with van der Waals surface area (Å²) in [6.07, 6.45) is 2.38. The number of carbonyl (C=O) groups excluding carboxylic acids is 2. The normalized spacial score (nSPS) is 10.7. The molecular weight excluding hydrogens is 394 g/mol. The number of carbonyl (C=O) groups is 2. The van der Waals surface area contributed by atoms with Gasteiger partial charge in [0.25, 0.3) is 5.91 Å². The highest BCUT2D eigenvalue weighted by Gasteiger charge is 2.24. The van der Waals surface area contributed by atoms with Crippen molar-refractivity contribution in [2.45, 2.75) is 39.3 Å². The van der Waals surface area contributed by atoms with Gasteiger partial charge in [0.05, 0.1) is 23.4 Å². The topological polar surface area (TPSA) is 81.2 Å². The highest BCUT2D eigenvalue weighted by molar-refractivity contribution is 7.99. The third-order valence-electron chi connectivity index (χ3n) is 3.46. The van der Waals surface area contributed by atoms with Gasteiger partial charge >= 0.3 is 5.97 Å². The van der Waals surface area contributed by atoms with Crippen molar-refractivity contribution in [1.29, 1.82) is 0 Å². The number of rotatable bonds is 7. The van der Waals surface area contributed by atoms with Crippen molar-refractivity contribution in [3.63, 3.8) is 0 Å². The minimum absolute atomic E-state index is 0.0822. The summed E-state index contributed by atoms with van der Waals surface area (Å²) in [6.45, 7) is 7.76. The zero-order valence-electron chi connectivity index (χ0n) is 15.0. The van der Waals surface area contributed by atoms with Crippen LogP contribution in [0.3, 0.4) is 0 Å². The second kappa shape index (κ2) is 9.34. The number of nitrogens with one attached hydrogen (secondary N) is 1. The first-order valence-corrected chi connectivity index (χ1v) is 10.3. The summed E-state index contributed by atoms with van der Waals surface area (Å²) < 4.78 is 5.10. The third-order valence-corrected chi connectivity index (χ3v) is 5.93. The minimum Gasteiger partial charge on any atom is -0.462 e. The molecule has 26 heavy (non-hydrogen) atoms. The molecule has 2 aromatic rings. The smallest absolute Gasteiger partial charge is 0.341 e. The van der Waals surface area contributed by atoms with Crippen LogP contribution in [0.4, 0.5) is 5.00 Å². The Hall–Kier alpha value is -1.64. The van der Waals surface area contributed by atoms with E-state index in [4.69, 9.17) is 16.3 Å². The molecule has 1 N–H and O–H groups in total. The zero-order valence-corrected chi connectivity index (χ0v) is 17.4. The van der Waals surface area contributed by atoms with Crippen LogP contribution < -0.4 is 5.32 Å². The van der Waals surface area contributed by atoms with E-state index >= 15 is 0 Å². The fourth-order valence-corrected chi connectivity index (χ4v) is 3.99. The lowest BCUT2D eigenvalue weighted by Crippen LogP contribution is -2.17. The maximum absolute atomic E-state index is 12.7. The van der Waals surface area contributed by atoms with Crippen LogP contribution >= 0.6 is 34.7 Å². The Labute approximate surface area is 165 Å². The fraction of sp³-hybridized carbons (Fsp3) is 0.412. The molecule has 0 bridgehead atoms. The quantitative estimate of drug-likeness (QED) is 0.401. The first kappa shape index (κ1) is 20.7. The van der Waals surface area contributed by atoms with Gasteiger partial charge in [0.2, 0.25) is 0 Å². The molecule has 0 aliphatic heterocycles. The number of aryl methyl sites for hydroxylation is 1. The Balaban J connectivity index is 2.30. The third kappa shape index (κ3) is 4.75. The van der Waals surface area contributed by atoms with Gasteiger partial charge in [0.1, 0.15) is 5.00 Å². The van der Waals surface area contributed by atoms with Gasteiger partial charge in [-0.1, -0.05) is 30.3 Å². The van der Waals surface area contributed by atoms with Gasteiger partial charge in [0, 0.05) is 10.6 Å². The monoisotopic (exact) mass is 413 g/mol. The molecule has 2 aromatic heterocycles. The van der Waals surface area contributed by atoms with Crippen LogP contribution in [0.1, 0.15) is 51.6 Å². The van der Waals surface area contributed by atoms with E-state index in [2.05, 4.69) is 22.2 Å². The first-order chi connectivity index (χ1) is 12.4. The van der Waals surface area contributed by atoms with E-state index in [0.29, 0.717) is 15.7 Å². The lowest BCUT2D eigenvalue weighted by molar-refractivity contribution is 0.0527. The molecule has 0 spiro atoms. The van der Waals surface area contributed by atoms with Crippen LogP contribution in [0.15, 0.2) is 11.4 Å². The molecule has 140 valence electrons. The van der Waals surface area contributed by atoms with Gasteiger partial charge in [0.15, 0.2) is 10.9 Å². The van der Waals surface area contributed by atoms with Crippen LogP contribution in [0.5, 0.6) is 0 Å². The van der Waals surface area contributed by atoms with Crippen molar-refractivity contribution in [3.8, 4) is 0 Å². The number of hydrogen-bond acceptors (Lipinski definition) is 7. The van der Waals surface area contributed by atoms with Crippen molar-refractivity contribution < 1.29 is 14.3 Å². The summed E-state index contributed by atoms with van der Waals surface area (Å²) in [5, 5.41) is 3.83. The second-order valence-corrected chi connectivity index (χ2v) is 8.05. The number of hydrogen-bond donors (Lipinski definition) is 1. The SMILES string of the molecule is CCCSc1ncc(Cl)c(C(=O)Nc2sc(C)c(C)c2C(=O)OCC)n1. The van der Waals surface area contributed by atoms with Crippen molar-refractivity contribution >= 4 is 51.6 Å². The van der Waals surface area contributed by atoms with Gasteiger partial charge in [-0.25, -0.2) is 14.8 Å². The molecule has 2 rings (SSSR count). The molecule has 0 radical (unpaired) electrons. The van der Waals surface area contributed by atoms with Crippen molar-refractivity contribution in [3.05, 3.63) is 32.9 Å². The average Bonchev–Trinajstić information content (AvgIpc) is 2.88. The molecule has 2 heterocycles. The van der Waals surface area contributed by atoms with Gasteiger partial charge in [-0.15, -0.1) is 11.3 Å². The molecule has 6 nitrogen and oxygen atoms in total. The van der Waals surface area contributed by atoms with E-state index in [1.54, 1.807) is 6.92 Å². The van der Waals surface area contributed by atoms with E-state index < -0.39 is 11.9 Å². The standard InChI is InChI=1S/C17H20ClN3O3S2/c1-5-7-25-17-19-8-11(18)13(20-17)14(22)21-15-12(16(23)24-6-2)9(3)10(4)26-15/h8H,5-7H2,1-4H3,(H,21,22). The fourth-order valence-electron chi connectivity index (χ4n) is 2.10. The molecule has 0 aromatic carbocycles. The minimum atomic E-state index is -0.484. The number of thioether (sulfide) groups is 1. The lowest BCUT2D eigenvalue weighted by Gasteiger charge is -2.08. The molecule has 0 saturated heterocycles. The maximum atomic E-state index is 12.7. The number of amides is 1.